The molecular formula is C17H24O2. The first-order valence-electron chi connectivity index (χ1n) is 7.16. The molecule has 1 aromatic rings. The van der Waals surface area contributed by atoms with E-state index in [0.717, 1.165) is 12.8 Å². The van der Waals surface area contributed by atoms with E-state index >= 15 is 0 Å². The van der Waals surface area contributed by atoms with Crippen molar-refractivity contribution in [3.63, 3.8) is 0 Å². The second kappa shape index (κ2) is 6.14. The van der Waals surface area contributed by atoms with Crippen molar-refractivity contribution in [3.8, 4) is 11.5 Å². The Morgan fingerprint density at radius 3 is 2.95 bits per heavy atom. The van der Waals surface area contributed by atoms with Crippen LogP contribution in [0, 0.1) is 0 Å². The third-order valence-electron chi connectivity index (χ3n) is 4.04. The zero-order chi connectivity index (χ0) is 13.8. The Bertz CT molecular complexity index is 463. The summed E-state index contributed by atoms with van der Waals surface area (Å²) in [7, 11) is 1.61. The van der Waals surface area contributed by atoms with Crippen LogP contribution in [0.2, 0.25) is 0 Å². The highest BCUT2D eigenvalue weighted by Gasteiger charge is 2.22. The normalized spacial score (nSPS) is 17.9. The Kier molecular flexibility index (Phi) is 4.52. The fourth-order valence-electron chi connectivity index (χ4n) is 3.03. The zero-order valence-electron chi connectivity index (χ0n) is 12.0. The third-order valence-corrected chi connectivity index (χ3v) is 4.04. The topological polar surface area (TPSA) is 29.5 Å². The van der Waals surface area contributed by atoms with Crippen LogP contribution < -0.4 is 4.74 Å². The average Bonchev–Trinajstić information content (AvgIpc) is 2.37. The van der Waals surface area contributed by atoms with Crippen LogP contribution in [-0.4, -0.2) is 12.2 Å². The van der Waals surface area contributed by atoms with Gasteiger partial charge in [0.1, 0.15) is 0 Å². The minimum absolute atomic E-state index is 0.267. The van der Waals surface area contributed by atoms with E-state index in [0.29, 0.717) is 11.7 Å². The molecule has 0 fully saturated rings. The van der Waals surface area contributed by atoms with Gasteiger partial charge in [0.15, 0.2) is 11.5 Å². The lowest BCUT2D eigenvalue weighted by molar-refractivity contribution is 0.370. The standard InChI is InChI=1S/C17H24O2/c1-12(2)6-4-7-13-8-5-9-14-10-16(18)17(19-3)11-15(13)14/h10-11,13,18H,1,4-9H2,2-3H3. The number of rotatable bonds is 5. The van der Waals surface area contributed by atoms with Crippen molar-refractivity contribution in [3.05, 3.63) is 35.4 Å². The van der Waals surface area contributed by atoms with Gasteiger partial charge in [-0.05, 0) is 74.6 Å². The summed E-state index contributed by atoms with van der Waals surface area (Å²) in [6.07, 6.45) is 7.05. The number of aryl methyl sites for hydroxylation is 1. The summed E-state index contributed by atoms with van der Waals surface area (Å²) in [4.78, 5) is 0. The molecule has 1 atom stereocenters. The maximum Gasteiger partial charge on any atom is 0.160 e. The number of fused-ring (bicyclic) bond motifs is 1. The Morgan fingerprint density at radius 1 is 1.47 bits per heavy atom. The fraction of sp³-hybridized carbons (Fsp3) is 0.529. The Morgan fingerprint density at radius 2 is 2.26 bits per heavy atom. The lowest BCUT2D eigenvalue weighted by Crippen LogP contribution is -2.10. The number of hydrogen-bond acceptors (Lipinski definition) is 2. The number of aromatic hydroxyl groups is 1. The lowest BCUT2D eigenvalue weighted by Gasteiger charge is -2.26. The number of benzene rings is 1. The van der Waals surface area contributed by atoms with Crippen LogP contribution >= 0.6 is 0 Å². The lowest BCUT2D eigenvalue weighted by atomic mass is 9.80. The first-order chi connectivity index (χ1) is 9.11. The number of allylic oxidation sites excluding steroid dienone is 1. The summed E-state index contributed by atoms with van der Waals surface area (Å²) in [6.45, 7) is 6.06. The first kappa shape index (κ1) is 14.0. The number of hydrogen-bond donors (Lipinski definition) is 1. The van der Waals surface area contributed by atoms with Gasteiger partial charge in [-0.3, -0.25) is 0 Å². The highest BCUT2D eigenvalue weighted by atomic mass is 16.5. The Labute approximate surface area is 116 Å². The van der Waals surface area contributed by atoms with E-state index in [1.54, 1.807) is 7.11 Å². The molecule has 0 saturated carbocycles. The Balaban J connectivity index is 2.15. The van der Waals surface area contributed by atoms with E-state index in [2.05, 4.69) is 13.5 Å². The molecule has 0 heterocycles. The number of phenolic OH excluding ortho intramolecular Hbond substituents is 1. The molecule has 0 saturated heterocycles. The maximum absolute atomic E-state index is 9.87. The van der Waals surface area contributed by atoms with Crippen LogP contribution in [0.25, 0.3) is 0 Å². The van der Waals surface area contributed by atoms with Crippen molar-refractivity contribution in [1.29, 1.82) is 0 Å². The van der Waals surface area contributed by atoms with E-state index < -0.39 is 0 Å². The zero-order valence-corrected chi connectivity index (χ0v) is 12.0. The molecule has 0 spiro atoms. The van der Waals surface area contributed by atoms with Gasteiger partial charge in [0.25, 0.3) is 0 Å². The highest BCUT2D eigenvalue weighted by molar-refractivity contribution is 5.48. The molecule has 0 bridgehead atoms. The van der Waals surface area contributed by atoms with Crippen LogP contribution in [0.3, 0.4) is 0 Å². The van der Waals surface area contributed by atoms with E-state index in [4.69, 9.17) is 4.74 Å². The van der Waals surface area contributed by atoms with Gasteiger partial charge in [0.2, 0.25) is 0 Å². The molecule has 0 radical (unpaired) electrons. The molecule has 1 aromatic carbocycles. The molecule has 2 rings (SSSR count). The largest absolute Gasteiger partial charge is 0.504 e. The van der Waals surface area contributed by atoms with E-state index in [1.807, 2.05) is 12.1 Å². The molecule has 1 aliphatic rings. The number of methoxy groups -OCH3 is 1. The molecule has 0 amide bonds. The van der Waals surface area contributed by atoms with Crippen LogP contribution in [0.5, 0.6) is 11.5 Å². The molecule has 0 aromatic heterocycles. The van der Waals surface area contributed by atoms with Crippen LogP contribution in [-0.2, 0) is 6.42 Å². The third kappa shape index (κ3) is 3.31. The second-order valence-electron chi connectivity index (χ2n) is 5.66. The summed E-state index contributed by atoms with van der Waals surface area (Å²) in [5.41, 5.74) is 3.94. The summed E-state index contributed by atoms with van der Waals surface area (Å²) in [5, 5.41) is 9.87. The molecule has 104 valence electrons. The van der Waals surface area contributed by atoms with E-state index in [1.165, 1.54) is 42.4 Å². The molecule has 2 heteroatoms. The van der Waals surface area contributed by atoms with Crippen molar-refractivity contribution < 1.29 is 9.84 Å². The van der Waals surface area contributed by atoms with Gasteiger partial charge in [-0.25, -0.2) is 0 Å². The van der Waals surface area contributed by atoms with Gasteiger partial charge < -0.3 is 9.84 Å². The van der Waals surface area contributed by atoms with Gasteiger partial charge in [-0.15, -0.1) is 6.58 Å². The van der Waals surface area contributed by atoms with Crippen molar-refractivity contribution in [2.24, 2.45) is 0 Å². The summed E-state index contributed by atoms with van der Waals surface area (Å²) in [6, 6.07) is 3.92. The molecule has 1 N–H and O–H groups in total. The highest BCUT2D eigenvalue weighted by Crippen LogP contribution is 2.40. The van der Waals surface area contributed by atoms with Crippen molar-refractivity contribution >= 4 is 0 Å². The minimum Gasteiger partial charge on any atom is -0.504 e. The fourth-order valence-corrected chi connectivity index (χ4v) is 3.03. The van der Waals surface area contributed by atoms with E-state index in [-0.39, 0.29) is 5.75 Å². The smallest absolute Gasteiger partial charge is 0.160 e. The van der Waals surface area contributed by atoms with Crippen molar-refractivity contribution in [2.75, 3.05) is 7.11 Å². The summed E-state index contributed by atoms with van der Waals surface area (Å²) >= 11 is 0. The SMILES string of the molecule is C=C(C)CCCC1CCCc2cc(O)c(OC)cc21. The average molecular weight is 260 g/mol. The Hall–Kier alpha value is -1.44. The molecule has 1 unspecified atom stereocenters. The molecule has 2 nitrogen and oxygen atoms in total. The van der Waals surface area contributed by atoms with Crippen LogP contribution in [0.4, 0.5) is 0 Å². The molecular weight excluding hydrogens is 236 g/mol. The van der Waals surface area contributed by atoms with Crippen molar-refractivity contribution in [2.45, 2.75) is 51.4 Å². The van der Waals surface area contributed by atoms with Crippen LogP contribution in [0.15, 0.2) is 24.3 Å². The summed E-state index contributed by atoms with van der Waals surface area (Å²) in [5.74, 6) is 1.48. The monoisotopic (exact) mass is 260 g/mol. The summed E-state index contributed by atoms with van der Waals surface area (Å²) < 4.78 is 5.24. The predicted molar refractivity (Wildman–Crippen MR) is 79.0 cm³/mol. The quantitative estimate of drug-likeness (QED) is 0.786. The van der Waals surface area contributed by atoms with Crippen molar-refractivity contribution in [1.82, 2.24) is 0 Å². The molecule has 1 aliphatic carbocycles. The minimum atomic E-state index is 0.267. The van der Waals surface area contributed by atoms with Gasteiger partial charge in [-0.1, -0.05) is 5.57 Å². The molecule has 19 heavy (non-hydrogen) atoms. The maximum atomic E-state index is 9.87. The van der Waals surface area contributed by atoms with Gasteiger partial charge >= 0.3 is 0 Å². The second-order valence-corrected chi connectivity index (χ2v) is 5.66. The molecule has 0 aliphatic heterocycles. The van der Waals surface area contributed by atoms with Gasteiger partial charge in [0.05, 0.1) is 7.11 Å². The first-order valence-corrected chi connectivity index (χ1v) is 7.16. The van der Waals surface area contributed by atoms with Gasteiger partial charge in [0, 0.05) is 0 Å². The van der Waals surface area contributed by atoms with Gasteiger partial charge in [-0.2, -0.15) is 0 Å². The number of phenols is 1. The van der Waals surface area contributed by atoms with E-state index in [9.17, 15) is 5.11 Å². The predicted octanol–water partition coefficient (Wildman–Crippen LogP) is 4.57. The van der Waals surface area contributed by atoms with Crippen LogP contribution in [0.1, 0.15) is 56.1 Å². The number of ether oxygens (including phenoxy) is 1.